The van der Waals surface area contributed by atoms with Gasteiger partial charge in [0.1, 0.15) is 10.3 Å². The molecule has 1 aromatic carbocycles. The molecule has 0 aliphatic rings. The van der Waals surface area contributed by atoms with E-state index in [0.717, 1.165) is 49.6 Å². The van der Waals surface area contributed by atoms with E-state index in [9.17, 15) is 4.79 Å². The van der Waals surface area contributed by atoms with E-state index in [1.807, 2.05) is 19.1 Å². The van der Waals surface area contributed by atoms with Gasteiger partial charge in [0.25, 0.3) is 5.91 Å². The number of rotatable bonds is 7. The van der Waals surface area contributed by atoms with Gasteiger partial charge in [0.05, 0.1) is 5.02 Å². The van der Waals surface area contributed by atoms with Gasteiger partial charge in [0.15, 0.2) is 5.82 Å². The molecular formula is C22H25BrCl2N4O2. The number of nitrogens with zero attached hydrogens (tertiary/aromatic N) is 3. The maximum absolute atomic E-state index is 13.2. The van der Waals surface area contributed by atoms with Gasteiger partial charge >= 0.3 is 0 Å². The van der Waals surface area contributed by atoms with E-state index >= 15 is 0 Å². The third-order valence-corrected chi connectivity index (χ3v) is 5.42. The van der Waals surface area contributed by atoms with Gasteiger partial charge in [-0.1, -0.05) is 43.0 Å². The number of benzene rings is 1. The van der Waals surface area contributed by atoms with Crippen LogP contribution >= 0.6 is 39.1 Å². The van der Waals surface area contributed by atoms with E-state index in [-0.39, 0.29) is 5.91 Å². The lowest BCUT2D eigenvalue weighted by Gasteiger charge is -2.15. The SMILES string of the molecule is CCCCCc1cc(Cl)cc(C)c1NC(=O)c1cc(Br)nn1-c1ncccc1Cl.CO. The number of aromatic nitrogens is 3. The number of carbonyl (C=O) groups is 1. The zero-order valence-electron chi connectivity index (χ0n) is 17.6. The Labute approximate surface area is 200 Å². The summed E-state index contributed by atoms with van der Waals surface area (Å²) < 4.78 is 1.95. The normalized spacial score (nSPS) is 10.4. The third-order valence-electron chi connectivity index (χ3n) is 4.52. The minimum absolute atomic E-state index is 0.299. The minimum Gasteiger partial charge on any atom is -0.400 e. The monoisotopic (exact) mass is 526 g/mol. The molecule has 31 heavy (non-hydrogen) atoms. The molecular weight excluding hydrogens is 503 g/mol. The maximum atomic E-state index is 13.2. The molecule has 0 spiro atoms. The molecule has 2 N–H and O–H groups in total. The Morgan fingerprint density at radius 3 is 2.65 bits per heavy atom. The van der Waals surface area contributed by atoms with Crippen LogP contribution in [0.25, 0.3) is 5.82 Å². The molecule has 3 rings (SSSR count). The summed E-state index contributed by atoms with van der Waals surface area (Å²) >= 11 is 15.9. The number of unbranched alkanes of at least 4 members (excludes halogenated alkanes) is 2. The number of hydrogen-bond acceptors (Lipinski definition) is 4. The van der Waals surface area contributed by atoms with Crippen LogP contribution in [0.15, 0.2) is 41.1 Å². The molecule has 9 heteroatoms. The zero-order valence-corrected chi connectivity index (χ0v) is 20.7. The molecule has 0 radical (unpaired) electrons. The van der Waals surface area contributed by atoms with E-state index in [1.54, 1.807) is 24.4 Å². The number of amides is 1. The summed E-state index contributed by atoms with van der Waals surface area (Å²) in [4.78, 5) is 17.4. The van der Waals surface area contributed by atoms with Gasteiger partial charge in [-0.2, -0.15) is 5.10 Å². The molecule has 0 unspecified atom stereocenters. The molecule has 0 aliphatic carbocycles. The highest BCUT2D eigenvalue weighted by atomic mass is 79.9. The van der Waals surface area contributed by atoms with E-state index in [1.165, 1.54) is 4.68 Å². The number of aliphatic hydroxyl groups excluding tert-OH is 1. The fourth-order valence-electron chi connectivity index (χ4n) is 3.14. The van der Waals surface area contributed by atoms with Gasteiger partial charge in [0, 0.05) is 30.1 Å². The van der Waals surface area contributed by atoms with Crippen LogP contribution in [0.2, 0.25) is 10.0 Å². The van der Waals surface area contributed by atoms with Crippen molar-refractivity contribution in [2.45, 2.75) is 39.5 Å². The van der Waals surface area contributed by atoms with Crippen molar-refractivity contribution in [3.05, 3.63) is 68.0 Å². The van der Waals surface area contributed by atoms with E-state index in [4.69, 9.17) is 28.3 Å². The predicted molar refractivity (Wildman–Crippen MR) is 130 cm³/mol. The summed E-state index contributed by atoms with van der Waals surface area (Å²) in [5.41, 5.74) is 3.05. The highest BCUT2D eigenvalue weighted by Crippen LogP contribution is 2.29. The second-order valence-corrected chi connectivity index (χ2v) is 8.40. The average Bonchev–Trinajstić information content (AvgIpc) is 3.14. The Morgan fingerprint density at radius 2 is 1.97 bits per heavy atom. The molecule has 0 fully saturated rings. The average molecular weight is 528 g/mol. The molecule has 0 bridgehead atoms. The summed E-state index contributed by atoms with van der Waals surface area (Å²) in [5.74, 6) is 0.0908. The molecule has 3 aromatic rings. The molecule has 166 valence electrons. The molecule has 2 heterocycles. The minimum atomic E-state index is -0.299. The highest BCUT2D eigenvalue weighted by Gasteiger charge is 2.20. The Balaban J connectivity index is 0.00000166. The first-order valence-electron chi connectivity index (χ1n) is 9.82. The van der Waals surface area contributed by atoms with Crippen LogP contribution in [0.1, 0.15) is 47.8 Å². The molecule has 1 amide bonds. The number of pyridine rings is 1. The van der Waals surface area contributed by atoms with Crippen molar-refractivity contribution in [2.24, 2.45) is 0 Å². The van der Waals surface area contributed by atoms with Crippen molar-refractivity contribution < 1.29 is 9.90 Å². The van der Waals surface area contributed by atoms with Crippen molar-refractivity contribution in [3.63, 3.8) is 0 Å². The van der Waals surface area contributed by atoms with Gasteiger partial charge in [-0.15, -0.1) is 0 Å². The second kappa shape index (κ2) is 12.2. The lowest BCUT2D eigenvalue weighted by Crippen LogP contribution is -2.19. The molecule has 0 atom stereocenters. The highest BCUT2D eigenvalue weighted by molar-refractivity contribution is 9.10. The van der Waals surface area contributed by atoms with Crippen LogP contribution < -0.4 is 5.32 Å². The van der Waals surface area contributed by atoms with Crippen LogP contribution in [0.5, 0.6) is 0 Å². The van der Waals surface area contributed by atoms with Crippen LogP contribution in [-0.2, 0) is 6.42 Å². The van der Waals surface area contributed by atoms with Crippen molar-refractivity contribution in [3.8, 4) is 5.82 Å². The summed E-state index contributed by atoms with van der Waals surface area (Å²) in [5, 5.41) is 15.4. The van der Waals surface area contributed by atoms with Crippen molar-refractivity contribution in [1.82, 2.24) is 14.8 Å². The Kier molecular flexibility index (Phi) is 9.96. The van der Waals surface area contributed by atoms with Crippen molar-refractivity contribution >= 4 is 50.7 Å². The van der Waals surface area contributed by atoms with E-state index in [0.29, 0.717) is 26.2 Å². The first-order chi connectivity index (χ1) is 14.9. The predicted octanol–water partition coefficient (Wildman–Crippen LogP) is 6.24. The third kappa shape index (κ3) is 6.53. The first-order valence-corrected chi connectivity index (χ1v) is 11.4. The van der Waals surface area contributed by atoms with Crippen molar-refractivity contribution in [2.75, 3.05) is 12.4 Å². The van der Waals surface area contributed by atoms with Gasteiger partial charge < -0.3 is 10.4 Å². The number of aryl methyl sites for hydroxylation is 2. The summed E-state index contributed by atoms with van der Waals surface area (Å²) in [7, 11) is 1.00. The Hall–Kier alpha value is -1.93. The van der Waals surface area contributed by atoms with Crippen LogP contribution in [-0.4, -0.2) is 32.9 Å². The van der Waals surface area contributed by atoms with Crippen LogP contribution in [0.4, 0.5) is 5.69 Å². The quantitative estimate of drug-likeness (QED) is 0.356. The maximum Gasteiger partial charge on any atom is 0.274 e. The van der Waals surface area contributed by atoms with Crippen LogP contribution in [0, 0.1) is 6.92 Å². The lowest BCUT2D eigenvalue weighted by molar-refractivity contribution is 0.101. The summed E-state index contributed by atoms with van der Waals surface area (Å²) in [6, 6.07) is 8.84. The summed E-state index contributed by atoms with van der Waals surface area (Å²) in [6.07, 6.45) is 5.73. The van der Waals surface area contributed by atoms with E-state index in [2.05, 4.69) is 38.3 Å². The fraction of sp³-hybridized carbons (Fsp3) is 0.318. The summed E-state index contributed by atoms with van der Waals surface area (Å²) in [6.45, 7) is 4.10. The van der Waals surface area contributed by atoms with Gasteiger partial charge in [0.2, 0.25) is 0 Å². The number of halogens is 3. The fourth-order valence-corrected chi connectivity index (χ4v) is 4.01. The molecule has 2 aromatic heterocycles. The number of hydrogen-bond donors (Lipinski definition) is 2. The van der Waals surface area contributed by atoms with Gasteiger partial charge in [-0.25, -0.2) is 9.67 Å². The lowest BCUT2D eigenvalue weighted by atomic mass is 10.0. The zero-order chi connectivity index (χ0) is 23.0. The molecule has 0 aliphatic heterocycles. The smallest absolute Gasteiger partial charge is 0.274 e. The number of carbonyl (C=O) groups excluding carboxylic acids is 1. The topological polar surface area (TPSA) is 80.0 Å². The number of aliphatic hydroxyl groups is 1. The molecule has 0 saturated heterocycles. The second-order valence-electron chi connectivity index (χ2n) is 6.74. The standard InChI is InChI=1S/C21H21BrCl2N4O.CH4O/c1-3-4-5-7-14-11-15(23)10-13(2)19(14)26-21(29)17-12-18(22)27-28(17)20-16(24)8-6-9-25-20;1-2/h6,8-12H,3-5,7H2,1-2H3,(H,26,29);2H,1H3. The largest absolute Gasteiger partial charge is 0.400 e. The Morgan fingerprint density at radius 1 is 1.23 bits per heavy atom. The van der Waals surface area contributed by atoms with Crippen LogP contribution in [0.3, 0.4) is 0 Å². The Bertz CT molecular complexity index is 1040. The molecule has 6 nitrogen and oxygen atoms in total. The van der Waals surface area contributed by atoms with E-state index < -0.39 is 0 Å². The van der Waals surface area contributed by atoms with Crippen molar-refractivity contribution in [1.29, 1.82) is 0 Å². The molecule has 0 saturated carbocycles. The number of anilines is 1. The van der Waals surface area contributed by atoms with Gasteiger partial charge in [-0.05, 0) is 71.1 Å². The number of nitrogens with one attached hydrogen (secondary N) is 1. The van der Waals surface area contributed by atoms with Gasteiger partial charge in [-0.3, -0.25) is 4.79 Å². The first kappa shape index (κ1) is 25.3.